The Morgan fingerprint density at radius 3 is 2.41 bits per heavy atom. The molecule has 4 rings (SSSR count). The van der Waals surface area contributed by atoms with Crippen molar-refractivity contribution in [2.75, 3.05) is 39.5 Å². The zero-order chi connectivity index (χ0) is 29.2. The third-order valence-electron chi connectivity index (χ3n) is 8.41. The zero-order valence-electron chi connectivity index (χ0n) is 22.6. The fraction of sp³-hybridized carbons (Fsp3) is 0.519. The van der Waals surface area contributed by atoms with Crippen LogP contribution in [0.15, 0.2) is 28.7 Å². The Balaban J connectivity index is 1.86. The van der Waals surface area contributed by atoms with Gasteiger partial charge in [-0.2, -0.15) is 0 Å². The maximum Gasteiger partial charge on any atom is 0.248 e. The number of phenols is 1. The number of ketones is 1. The molecule has 212 valence electrons. The van der Waals surface area contributed by atoms with E-state index in [-0.39, 0.29) is 47.5 Å². The molecule has 1 aromatic carbocycles. The summed E-state index contributed by atoms with van der Waals surface area (Å²) in [6.45, 7) is 4.03. The number of nitrogens with one attached hydrogen (secondary N) is 1. The van der Waals surface area contributed by atoms with E-state index in [2.05, 4.69) is 5.32 Å². The van der Waals surface area contributed by atoms with Crippen LogP contribution in [0.25, 0.3) is 0 Å². The molecule has 0 heterocycles. The number of amides is 2. The van der Waals surface area contributed by atoms with E-state index in [1.807, 2.05) is 6.92 Å². The quantitative estimate of drug-likeness (QED) is 0.288. The molecule has 0 bridgehead atoms. The molecule has 4 atom stereocenters. The average Bonchev–Trinajstić information content (AvgIpc) is 2.82. The predicted octanol–water partition coefficient (Wildman–Crippen LogP) is 1.36. The van der Waals surface area contributed by atoms with Crippen LogP contribution >= 0.6 is 0 Å². The second-order valence-electron chi connectivity index (χ2n) is 11.3. The van der Waals surface area contributed by atoms with E-state index in [1.54, 1.807) is 37.9 Å². The summed E-state index contributed by atoms with van der Waals surface area (Å²) in [6.07, 6.45) is -0.606. The molecule has 2 amide bonds. The first kappa shape index (κ1) is 28.5. The fourth-order valence-corrected chi connectivity index (χ4v) is 6.36. The summed E-state index contributed by atoms with van der Waals surface area (Å²) in [7, 11) is 4.95. The number of anilines is 1. The second-order valence-corrected chi connectivity index (χ2v) is 11.3. The number of carbonyl (C=O) groups excluding carboxylic acids is 3. The highest BCUT2D eigenvalue weighted by molar-refractivity contribution is 6.15. The predicted molar refractivity (Wildman–Crippen MR) is 140 cm³/mol. The third-order valence-corrected chi connectivity index (χ3v) is 8.41. The van der Waals surface area contributed by atoms with Crippen molar-refractivity contribution in [1.82, 2.24) is 9.80 Å². The molecule has 0 saturated heterocycles. The molecule has 0 unspecified atom stereocenters. The highest BCUT2D eigenvalue weighted by atomic mass is 19.1. The van der Waals surface area contributed by atoms with Crippen LogP contribution in [0.2, 0.25) is 0 Å². The van der Waals surface area contributed by atoms with E-state index < -0.39 is 69.9 Å². The van der Waals surface area contributed by atoms with Crippen molar-refractivity contribution < 1.29 is 39.2 Å². The molecule has 0 radical (unpaired) electrons. The fourth-order valence-electron chi connectivity index (χ4n) is 6.36. The van der Waals surface area contributed by atoms with Gasteiger partial charge in [0.1, 0.15) is 22.9 Å². The Labute approximate surface area is 225 Å². The van der Waals surface area contributed by atoms with Crippen LogP contribution in [-0.2, 0) is 16.0 Å². The number of halogens is 1. The Hall–Kier alpha value is -3.48. The third kappa shape index (κ3) is 4.36. The minimum atomic E-state index is -2.14. The van der Waals surface area contributed by atoms with E-state index in [0.717, 1.165) is 6.07 Å². The van der Waals surface area contributed by atoms with Crippen molar-refractivity contribution in [2.24, 2.45) is 17.1 Å². The molecule has 1 aromatic rings. The molecule has 0 aliphatic heterocycles. The lowest BCUT2D eigenvalue weighted by Crippen LogP contribution is -2.61. The zero-order valence-corrected chi connectivity index (χ0v) is 22.6. The van der Waals surface area contributed by atoms with Crippen LogP contribution < -0.4 is 11.1 Å². The summed E-state index contributed by atoms with van der Waals surface area (Å²) in [4.78, 5) is 41.7. The summed E-state index contributed by atoms with van der Waals surface area (Å²) in [5.74, 6) is -5.80. The number of fused-ring (bicyclic) bond motifs is 3. The number of allylic oxidation sites excluding steroid dienone is 1. The monoisotopic (exact) mass is 546 g/mol. The molecule has 0 fully saturated rings. The number of primary amides is 1. The van der Waals surface area contributed by atoms with Crippen molar-refractivity contribution in [1.29, 1.82) is 0 Å². The van der Waals surface area contributed by atoms with E-state index in [1.165, 1.54) is 0 Å². The van der Waals surface area contributed by atoms with Crippen LogP contribution in [0, 0.1) is 17.2 Å². The number of rotatable bonds is 6. The Morgan fingerprint density at radius 1 is 1.21 bits per heavy atom. The van der Waals surface area contributed by atoms with Gasteiger partial charge in [-0.05, 0) is 40.5 Å². The van der Waals surface area contributed by atoms with E-state index in [0.29, 0.717) is 6.54 Å². The number of hydrogen-bond donors (Lipinski definition) is 6. The maximum atomic E-state index is 15.4. The van der Waals surface area contributed by atoms with Gasteiger partial charge < -0.3 is 31.5 Å². The number of likely N-dealkylation sites (N-methyl/N-ethyl adjacent to an activating group) is 2. The minimum absolute atomic E-state index is 0.0311. The summed E-state index contributed by atoms with van der Waals surface area (Å²) < 4.78 is 15.4. The molecule has 7 N–H and O–H groups in total. The molecule has 11 nitrogen and oxygen atoms in total. The first-order valence-electron chi connectivity index (χ1n) is 12.7. The van der Waals surface area contributed by atoms with Gasteiger partial charge in [0.25, 0.3) is 0 Å². The lowest BCUT2D eigenvalue weighted by molar-refractivity contribution is -0.119. The first-order valence-corrected chi connectivity index (χ1v) is 12.7. The molecule has 12 heteroatoms. The normalized spacial score (nSPS) is 28.4. The first-order chi connectivity index (χ1) is 18.1. The number of phenolic OH excluding ortho intramolecular Hbond substituents is 1. The van der Waals surface area contributed by atoms with E-state index in [9.17, 15) is 34.8 Å². The standard InChI is InChI=1S/C27H35FN4O7/c1-6-32(5)11-17(33)30-16-7-15(28)12-8-26(2)10-14-20(31(3)4)21(34)13(25(29)38)9-27(14,39)24(37)19(26)23(36)18(12)22(16)35/h7,14,20,34-35,37,39H,6,8-11H2,1-5H3,(H2,29,38)(H,30,33)/t14-,20-,26-,27-/m0/s1. The van der Waals surface area contributed by atoms with Gasteiger partial charge in [-0.25, -0.2) is 4.39 Å². The van der Waals surface area contributed by atoms with Crippen LogP contribution in [-0.4, -0.2) is 93.7 Å². The number of carbonyl (C=O) groups is 3. The van der Waals surface area contributed by atoms with Gasteiger partial charge in [-0.15, -0.1) is 0 Å². The van der Waals surface area contributed by atoms with Gasteiger partial charge in [0.15, 0.2) is 11.5 Å². The summed E-state index contributed by atoms with van der Waals surface area (Å²) in [5.41, 5.74) is 0.848. The van der Waals surface area contributed by atoms with Crippen LogP contribution in [0.4, 0.5) is 10.1 Å². The van der Waals surface area contributed by atoms with Crippen molar-refractivity contribution in [3.05, 3.63) is 45.7 Å². The molecule has 0 spiro atoms. The number of Topliss-reactive ketones (excluding diaryl/α,β-unsaturated/α-hetero) is 1. The number of aliphatic hydroxyl groups is 3. The summed E-state index contributed by atoms with van der Waals surface area (Å²) >= 11 is 0. The number of aromatic hydroxyl groups is 1. The number of aliphatic hydroxyl groups excluding tert-OH is 2. The number of benzene rings is 1. The molecular formula is C27H35FN4O7. The van der Waals surface area contributed by atoms with Gasteiger partial charge in [0.2, 0.25) is 11.8 Å². The van der Waals surface area contributed by atoms with E-state index >= 15 is 4.39 Å². The summed E-state index contributed by atoms with van der Waals surface area (Å²) in [5, 5.41) is 47.6. The van der Waals surface area contributed by atoms with Crippen molar-refractivity contribution in [3.8, 4) is 5.75 Å². The van der Waals surface area contributed by atoms with Crippen molar-refractivity contribution >= 4 is 23.3 Å². The molecule has 0 aromatic heterocycles. The number of nitrogens with zero attached hydrogens (tertiary/aromatic N) is 2. The van der Waals surface area contributed by atoms with E-state index in [4.69, 9.17) is 5.73 Å². The summed E-state index contributed by atoms with van der Waals surface area (Å²) in [6, 6.07) is 0.0274. The lowest BCUT2D eigenvalue weighted by atomic mass is 9.53. The maximum absolute atomic E-state index is 15.4. The molecule has 39 heavy (non-hydrogen) atoms. The van der Waals surface area contributed by atoms with Crippen LogP contribution in [0.5, 0.6) is 5.75 Å². The second kappa shape index (κ2) is 9.61. The Bertz CT molecular complexity index is 1340. The lowest BCUT2D eigenvalue weighted by Gasteiger charge is -2.54. The van der Waals surface area contributed by atoms with Gasteiger partial charge in [0.05, 0.1) is 29.4 Å². The largest absolute Gasteiger partial charge is 0.510 e. The molecule has 0 saturated carbocycles. The highest BCUT2D eigenvalue weighted by Gasteiger charge is 2.61. The van der Waals surface area contributed by atoms with Gasteiger partial charge in [-0.1, -0.05) is 13.8 Å². The molecule has 3 aliphatic rings. The van der Waals surface area contributed by atoms with Gasteiger partial charge >= 0.3 is 0 Å². The highest BCUT2D eigenvalue weighted by Crippen LogP contribution is 2.58. The van der Waals surface area contributed by atoms with Crippen LogP contribution in [0.1, 0.15) is 42.6 Å². The van der Waals surface area contributed by atoms with Crippen LogP contribution in [0.3, 0.4) is 0 Å². The SMILES string of the molecule is CCN(C)CC(=O)Nc1cc(F)c2c(c1O)C(=O)C1=C(O)[C@]3(O)CC(C(N)=O)=C(O)[C@@H](N(C)C)[C@@H]3C[C@]1(C)C2. The van der Waals surface area contributed by atoms with Crippen molar-refractivity contribution in [2.45, 2.75) is 44.8 Å². The minimum Gasteiger partial charge on any atom is -0.510 e. The molecular weight excluding hydrogens is 511 g/mol. The smallest absolute Gasteiger partial charge is 0.248 e. The molecule has 3 aliphatic carbocycles. The number of hydrogen-bond acceptors (Lipinski definition) is 9. The number of nitrogens with two attached hydrogens (primary N) is 1. The van der Waals surface area contributed by atoms with Gasteiger partial charge in [-0.3, -0.25) is 24.2 Å². The Kier molecular flexibility index (Phi) is 7.03. The van der Waals surface area contributed by atoms with Gasteiger partial charge in [0, 0.05) is 35.0 Å². The topological polar surface area (TPSA) is 177 Å². The Morgan fingerprint density at radius 2 is 1.85 bits per heavy atom. The van der Waals surface area contributed by atoms with Crippen molar-refractivity contribution in [3.63, 3.8) is 0 Å². The average molecular weight is 547 g/mol.